The first-order valence-corrected chi connectivity index (χ1v) is 13.2. The van der Waals surface area contributed by atoms with Crippen LogP contribution >= 0.6 is 11.6 Å². The Morgan fingerprint density at radius 2 is 1.79 bits per heavy atom. The minimum atomic E-state index is -4.82. The monoisotopic (exact) mass is 589 g/mol. The number of benzene rings is 3. The summed E-state index contributed by atoms with van der Waals surface area (Å²) in [7, 11) is -4.68. The Bertz CT molecular complexity index is 1560. The number of ether oxygens (including phenoxy) is 1. The smallest absolute Gasteiger partial charge is 0.416 e. The van der Waals surface area contributed by atoms with Crippen LogP contribution in [0.5, 0.6) is 5.75 Å². The molecule has 0 saturated carbocycles. The highest BCUT2D eigenvalue weighted by molar-refractivity contribution is 7.92. The molecule has 0 fully saturated rings. The zero-order valence-electron chi connectivity index (χ0n) is 20.4. The SMILES string of the molecule is CC(C)(CC1CN(S(=O)(=O)c2cccc(C(F)(F)F)c2)c2cc(-c3cc(F)cc(Cl)c3F)ccc2O1)C(=O)O. The second-order valence-corrected chi connectivity index (χ2v) is 11.9. The molecule has 0 aromatic heterocycles. The van der Waals surface area contributed by atoms with E-state index in [0.717, 1.165) is 34.6 Å². The number of rotatable bonds is 6. The maximum atomic E-state index is 14.8. The fourth-order valence-corrected chi connectivity index (χ4v) is 5.95. The Morgan fingerprint density at radius 3 is 2.44 bits per heavy atom. The molecule has 0 aliphatic carbocycles. The molecular formula is C26H21ClF5NO5S. The highest BCUT2D eigenvalue weighted by Crippen LogP contribution is 2.43. The number of fused-ring (bicyclic) bond motifs is 1. The van der Waals surface area contributed by atoms with Crippen molar-refractivity contribution in [2.75, 3.05) is 10.8 Å². The van der Waals surface area contributed by atoms with E-state index < -0.39 is 67.3 Å². The van der Waals surface area contributed by atoms with Crippen molar-refractivity contribution in [3.63, 3.8) is 0 Å². The van der Waals surface area contributed by atoms with Gasteiger partial charge in [-0.2, -0.15) is 13.2 Å². The molecule has 3 aromatic rings. The number of alkyl halides is 3. The van der Waals surface area contributed by atoms with Crippen LogP contribution in [0.15, 0.2) is 59.5 Å². The summed E-state index contributed by atoms with van der Waals surface area (Å²) in [6.07, 6.45) is -5.97. The lowest BCUT2D eigenvalue weighted by Crippen LogP contribution is -2.46. The lowest BCUT2D eigenvalue weighted by molar-refractivity contribution is -0.148. The molecule has 39 heavy (non-hydrogen) atoms. The second kappa shape index (κ2) is 9.98. The first kappa shape index (κ1) is 28.6. The Kier molecular flexibility index (Phi) is 7.32. The van der Waals surface area contributed by atoms with E-state index in [4.69, 9.17) is 16.3 Å². The van der Waals surface area contributed by atoms with Crippen LogP contribution in [0.25, 0.3) is 11.1 Å². The van der Waals surface area contributed by atoms with E-state index in [1.165, 1.54) is 32.0 Å². The van der Waals surface area contributed by atoms with Gasteiger partial charge in [0.05, 0.1) is 33.1 Å². The minimum Gasteiger partial charge on any atom is -0.486 e. The van der Waals surface area contributed by atoms with Crippen LogP contribution in [0.2, 0.25) is 5.02 Å². The molecule has 1 aliphatic rings. The number of carboxylic acid groups (broad SMARTS) is 1. The maximum Gasteiger partial charge on any atom is 0.416 e. The van der Waals surface area contributed by atoms with Crippen molar-refractivity contribution in [1.29, 1.82) is 0 Å². The number of hydrogen-bond donors (Lipinski definition) is 1. The van der Waals surface area contributed by atoms with Gasteiger partial charge in [-0.1, -0.05) is 23.7 Å². The quantitative estimate of drug-likeness (QED) is 0.254. The van der Waals surface area contributed by atoms with Crippen molar-refractivity contribution in [2.24, 2.45) is 5.41 Å². The lowest BCUT2D eigenvalue weighted by atomic mass is 9.86. The fourth-order valence-electron chi connectivity index (χ4n) is 4.20. The van der Waals surface area contributed by atoms with Gasteiger partial charge in [-0.25, -0.2) is 17.2 Å². The van der Waals surface area contributed by atoms with Crippen molar-refractivity contribution in [2.45, 2.75) is 37.4 Å². The number of halogens is 6. The molecule has 4 rings (SSSR count). The van der Waals surface area contributed by atoms with Gasteiger partial charge in [0, 0.05) is 12.0 Å². The van der Waals surface area contributed by atoms with E-state index in [-0.39, 0.29) is 29.0 Å². The van der Waals surface area contributed by atoms with E-state index in [0.29, 0.717) is 6.07 Å². The Balaban J connectivity index is 1.87. The highest BCUT2D eigenvalue weighted by atomic mass is 35.5. The standard InChI is InChI=1S/C26H21ClF5NO5S/c1-25(2,24(34)35)12-17-13-33(39(36,37)18-5-3-4-15(9-18)26(30,31)32)21-8-14(6-7-22(21)38-17)19-10-16(28)11-20(27)23(19)29/h3-11,17H,12-13H2,1-2H3,(H,34,35). The largest absolute Gasteiger partial charge is 0.486 e. The number of hydrogen-bond acceptors (Lipinski definition) is 4. The van der Waals surface area contributed by atoms with Crippen LogP contribution in [-0.2, 0) is 21.0 Å². The van der Waals surface area contributed by atoms with Crippen LogP contribution in [0.1, 0.15) is 25.8 Å². The fraction of sp³-hybridized carbons (Fsp3) is 0.269. The van der Waals surface area contributed by atoms with E-state index in [9.17, 15) is 40.3 Å². The van der Waals surface area contributed by atoms with Crippen molar-refractivity contribution < 1.29 is 45.0 Å². The van der Waals surface area contributed by atoms with Crippen molar-refractivity contribution in [3.05, 3.63) is 76.8 Å². The molecular weight excluding hydrogens is 569 g/mol. The van der Waals surface area contributed by atoms with Gasteiger partial charge in [-0.05, 0) is 61.9 Å². The van der Waals surface area contributed by atoms with Crippen molar-refractivity contribution in [1.82, 2.24) is 0 Å². The summed E-state index contributed by atoms with van der Waals surface area (Å²) in [4.78, 5) is 11.0. The van der Waals surface area contributed by atoms with Gasteiger partial charge >= 0.3 is 12.1 Å². The molecule has 1 aliphatic heterocycles. The summed E-state index contributed by atoms with van der Waals surface area (Å²) >= 11 is 5.77. The second-order valence-electron chi connectivity index (χ2n) is 9.63. The molecule has 1 N–H and O–H groups in total. The highest BCUT2D eigenvalue weighted by Gasteiger charge is 2.40. The molecule has 3 aromatic carbocycles. The molecule has 6 nitrogen and oxygen atoms in total. The minimum absolute atomic E-state index is 0.0183. The summed E-state index contributed by atoms with van der Waals surface area (Å²) in [6, 6.07) is 8.57. The molecule has 0 bridgehead atoms. The van der Waals surface area contributed by atoms with Crippen LogP contribution < -0.4 is 9.04 Å². The van der Waals surface area contributed by atoms with Crippen molar-refractivity contribution in [3.8, 4) is 16.9 Å². The topological polar surface area (TPSA) is 83.9 Å². The van der Waals surface area contributed by atoms with E-state index in [1.807, 2.05) is 0 Å². The van der Waals surface area contributed by atoms with Gasteiger partial charge in [-0.3, -0.25) is 9.10 Å². The summed E-state index contributed by atoms with van der Waals surface area (Å²) in [5, 5.41) is 9.03. The van der Waals surface area contributed by atoms with Crippen LogP contribution in [0.4, 0.5) is 27.6 Å². The molecule has 13 heteroatoms. The normalized spacial score (nSPS) is 16.0. The lowest BCUT2D eigenvalue weighted by Gasteiger charge is -2.38. The Morgan fingerprint density at radius 1 is 1.10 bits per heavy atom. The Labute approximate surface area is 225 Å². The number of aliphatic carboxylic acids is 1. The van der Waals surface area contributed by atoms with Gasteiger partial charge in [0.15, 0.2) is 0 Å². The van der Waals surface area contributed by atoms with Gasteiger partial charge in [0.1, 0.15) is 23.5 Å². The van der Waals surface area contributed by atoms with Crippen molar-refractivity contribution >= 4 is 33.3 Å². The number of carboxylic acids is 1. The maximum absolute atomic E-state index is 14.8. The third-order valence-electron chi connectivity index (χ3n) is 6.26. The first-order valence-electron chi connectivity index (χ1n) is 11.4. The van der Waals surface area contributed by atoms with Crippen LogP contribution in [0.3, 0.4) is 0 Å². The van der Waals surface area contributed by atoms with Gasteiger partial charge in [0.25, 0.3) is 10.0 Å². The average molecular weight is 590 g/mol. The molecule has 1 atom stereocenters. The number of anilines is 1. The van der Waals surface area contributed by atoms with Gasteiger partial charge < -0.3 is 9.84 Å². The third kappa shape index (κ3) is 5.67. The van der Waals surface area contributed by atoms with E-state index in [2.05, 4.69) is 0 Å². The molecule has 1 unspecified atom stereocenters. The predicted octanol–water partition coefficient (Wildman–Crippen LogP) is 6.76. The summed E-state index contributed by atoms with van der Waals surface area (Å²) in [5.74, 6) is -3.04. The predicted molar refractivity (Wildman–Crippen MR) is 133 cm³/mol. The van der Waals surface area contributed by atoms with Gasteiger partial charge in [-0.15, -0.1) is 0 Å². The van der Waals surface area contributed by atoms with Crippen LogP contribution in [-0.4, -0.2) is 32.1 Å². The number of carbonyl (C=O) groups is 1. The van der Waals surface area contributed by atoms with Crippen LogP contribution in [0, 0.1) is 17.0 Å². The molecule has 0 spiro atoms. The summed E-state index contributed by atoms with van der Waals surface area (Å²) in [5.41, 5.74) is -2.95. The van der Waals surface area contributed by atoms with E-state index >= 15 is 0 Å². The Hall–Kier alpha value is -3.38. The van der Waals surface area contributed by atoms with Gasteiger partial charge in [0.2, 0.25) is 0 Å². The first-order chi connectivity index (χ1) is 18.0. The number of sulfonamides is 1. The average Bonchev–Trinajstić information content (AvgIpc) is 2.84. The summed E-state index contributed by atoms with van der Waals surface area (Å²) in [6.45, 7) is 2.37. The molecule has 208 valence electrons. The summed E-state index contributed by atoms with van der Waals surface area (Å²) < 4.78 is 103. The molecule has 0 amide bonds. The molecule has 0 saturated heterocycles. The number of nitrogens with zero attached hydrogens (tertiary/aromatic N) is 1. The molecule has 1 heterocycles. The van der Waals surface area contributed by atoms with E-state index in [1.54, 1.807) is 0 Å². The zero-order chi connectivity index (χ0) is 28.9. The third-order valence-corrected chi connectivity index (χ3v) is 8.31. The molecule has 0 radical (unpaired) electrons. The zero-order valence-corrected chi connectivity index (χ0v) is 22.0.